The van der Waals surface area contributed by atoms with E-state index >= 15 is 0 Å². The van der Waals surface area contributed by atoms with E-state index in [2.05, 4.69) is 6.58 Å². The maximum atomic E-state index is 10.5. The summed E-state index contributed by atoms with van der Waals surface area (Å²) in [6.45, 7) is 7.11. The lowest BCUT2D eigenvalue weighted by Gasteiger charge is -1.95. The van der Waals surface area contributed by atoms with E-state index in [1.807, 2.05) is 65.9 Å². The largest absolute Gasteiger partial charge is 0.478 e. The molecule has 7 nitrogen and oxygen atoms in total. The standard InChI is InChI=1S/C7H8O3S.C6H10O2.2C3H9N/c1-6-2-4-7(5-3-6)11(8,9)10;1-3-4-5(2)6(7)8;2*1-4(2)3/h2-5H,1H3,(H,8,9,10);2-4H2,1H3,(H,7,8);2*1-3H3. The molecule has 0 atom stereocenters. The molecule has 1 rings (SSSR count). The third-order valence-corrected chi connectivity index (χ3v) is 3.04. The molecule has 8 heteroatoms. The predicted molar refractivity (Wildman–Crippen MR) is 112 cm³/mol. The van der Waals surface area contributed by atoms with Gasteiger partial charge in [-0.1, -0.05) is 37.6 Å². The highest BCUT2D eigenvalue weighted by atomic mass is 32.2. The lowest BCUT2D eigenvalue weighted by atomic mass is 10.2. The van der Waals surface area contributed by atoms with Crippen LogP contribution in [0, 0.1) is 6.92 Å². The topological polar surface area (TPSA) is 98.2 Å². The van der Waals surface area contributed by atoms with Crippen molar-refractivity contribution in [3.8, 4) is 0 Å². The Labute approximate surface area is 165 Å². The van der Waals surface area contributed by atoms with Gasteiger partial charge in [0.1, 0.15) is 0 Å². The zero-order valence-corrected chi connectivity index (χ0v) is 18.7. The van der Waals surface area contributed by atoms with Gasteiger partial charge in [0, 0.05) is 5.57 Å². The summed E-state index contributed by atoms with van der Waals surface area (Å²) < 4.78 is 29.6. The Balaban J connectivity index is -0.000000316. The van der Waals surface area contributed by atoms with E-state index in [-0.39, 0.29) is 4.90 Å². The number of carbonyl (C=O) groups is 1. The number of aliphatic carboxylic acids is 1. The van der Waals surface area contributed by atoms with Crippen molar-refractivity contribution in [3.63, 3.8) is 0 Å². The fraction of sp³-hybridized carbons (Fsp3) is 0.526. The molecular weight excluding hydrogens is 368 g/mol. The lowest BCUT2D eigenvalue weighted by molar-refractivity contribution is -0.132. The molecule has 2 N–H and O–H groups in total. The van der Waals surface area contributed by atoms with Crippen molar-refractivity contribution in [3.05, 3.63) is 42.0 Å². The fourth-order valence-corrected chi connectivity index (χ4v) is 1.60. The summed E-state index contributed by atoms with van der Waals surface area (Å²) in [5, 5.41) is 8.21. The molecular formula is C19H36N2O5S. The van der Waals surface area contributed by atoms with Crippen LogP contribution in [-0.4, -0.2) is 76.1 Å². The summed E-state index contributed by atoms with van der Waals surface area (Å²) in [7, 11) is 7.98. The van der Waals surface area contributed by atoms with Crippen LogP contribution < -0.4 is 0 Å². The van der Waals surface area contributed by atoms with Gasteiger partial charge in [-0.2, -0.15) is 8.42 Å². The molecule has 0 saturated heterocycles. The van der Waals surface area contributed by atoms with Crippen LogP contribution in [0.1, 0.15) is 25.3 Å². The van der Waals surface area contributed by atoms with Crippen molar-refractivity contribution in [2.24, 2.45) is 0 Å². The quantitative estimate of drug-likeness (QED) is 0.588. The fourth-order valence-electron chi connectivity index (χ4n) is 1.12. The Bertz CT molecular complexity index is 612. The van der Waals surface area contributed by atoms with Gasteiger partial charge in [-0.3, -0.25) is 4.55 Å². The molecule has 0 saturated carbocycles. The molecule has 0 unspecified atom stereocenters. The van der Waals surface area contributed by atoms with Crippen molar-refractivity contribution in [1.29, 1.82) is 0 Å². The third kappa shape index (κ3) is 26.6. The third-order valence-electron chi connectivity index (χ3n) is 2.17. The number of carboxylic acid groups (broad SMARTS) is 1. The average Bonchev–Trinajstić information content (AvgIpc) is 2.46. The molecule has 0 heterocycles. The van der Waals surface area contributed by atoms with E-state index in [1.165, 1.54) is 12.1 Å². The molecule has 1 aromatic carbocycles. The second-order valence-electron chi connectivity index (χ2n) is 6.63. The van der Waals surface area contributed by atoms with Crippen molar-refractivity contribution in [2.75, 3.05) is 42.3 Å². The van der Waals surface area contributed by atoms with Gasteiger partial charge in [0.05, 0.1) is 4.90 Å². The monoisotopic (exact) mass is 404 g/mol. The highest BCUT2D eigenvalue weighted by Crippen LogP contribution is 2.08. The SMILES string of the molecule is C=C(CCC)C(=O)O.CN(C)C.CN(C)C.Cc1ccc(S(=O)(=O)O)cc1. The van der Waals surface area contributed by atoms with Gasteiger partial charge in [0.2, 0.25) is 0 Å². The van der Waals surface area contributed by atoms with Gasteiger partial charge < -0.3 is 14.9 Å². The Morgan fingerprint density at radius 3 is 1.52 bits per heavy atom. The van der Waals surface area contributed by atoms with Crippen LogP contribution in [0.3, 0.4) is 0 Å². The zero-order valence-electron chi connectivity index (χ0n) is 17.9. The van der Waals surface area contributed by atoms with Crippen LogP contribution in [0.15, 0.2) is 41.3 Å². The molecule has 0 amide bonds. The molecule has 158 valence electrons. The van der Waals surface area contributed by atoms with Gasteiger partial charge in [-0.25, -0.2) is 4.79 Å². The number of benzene rings is 1. The number of aryl methyl sites for hydroxylation is 1. The van der Waals surface area contributed by atoms with Crippen molar-refractivity contribution in [2.45, 2.75) is 31.6 Å². The highest BCUT2D eigenvalue weighted by molar-refractivity contribution is 7.85. The van der Waals surface area contributed by atoms with E-state index in [0.29, 0.717) is 12.0 Å². The minimum absolute atomic E-state index is 0.0666. The van der Waals surface area contributed by atoms with Gasteiger partial charge in [-0.15, -0.1) is 0 Å². The lowest BCUT2D eigenvalue weighted by Crippen LogP contribution is -1.99. The number of nitrogens with zero attached hydrogens (tertiary/aromatic N) is 2. The molecule has 0 fully saturated rings. The van der Waals surface area contributed by atoms with Crippen LogP contribution >= 0.6 is 0 Å². The minimum Gasteiger partial charge on any atom is -0.478 e. The number of hydrogen-bond acceptors (Lipinski definition) is 5. The predicted octanol–water partition coefficient (Wildman–Crippen LogP) is 3.02. The van der Waals surface area contributed by atoms with E-state index in [9.17, 15) is 13.2 Å². The van der Waals surface area contributed by atoms with Crippen LogP contribution in [0.4, 0.5) is 0 Å². The Kier molecular flexibility index (Phi) is 18.3. The molecule has 0 aliphatic heterocycles. The van der Waals surface area contributed by atoms with Crippen LogP contribution in [-0.2, 0) is 14.9 Å². The summed E-state index contributed by atoms with van der Waals surface area (Å²) in [5.74, 6) is -0.883. The normalized spacial score (nSPS) is 9.89. The first-order valence-corrected chi connectivity index (χ1v) is 9.76. The van der Waals surface area contributed by atoms with Crippen LogP contribution in [0.2, 0.25) is 0 Å². The number of hydrogen-bond donors (Lipinski definition) is 2. The molecule has 1 aromatic rings. The molecule has 0 aliphatic rings. The summed E-state index contributed by atoms with van der Waals surface area (Å²) in [4.78, 5) is 13.9. The molecule has 0 aliphatic carbocycles. The highest BCUT2D eigenvalue weighted by Gasteiger charge is 2.06. The van der Waals surface area contributed by atoms with Crippen molar-refractivity contribution in [1.82, 2.24) is 9.80 Å². The van der Waals surface area contributed by atoms with E-state index in [1.54, 1.807) is 12.1 Å². The van der Waals surface area contributed by atoms with Crippen LogP contribution in [0.5, 0.6) is 0 Å². The Hall–Kier alpha value is -1.74. The van der Waals surface area contributed by atoms with E-state index in [4.69, 9.17) is 9.66 Å². The van der Waals surface area contributed by atoms with Crippen molar-refractivity contribution < 1.29 is 22.9 Å². The smallest absolute Gasteiger partial charge is 0.330 e. The minimum atomic E-state index is -4.02. The Morgan fingerprint density at radius 2 is 1.33 bits per heavy atom. The van der Waals surface area contributed by atoms with E-state index in [0.717, 1.165) is 12.0 Å². The first-order chi connectivity index (χ1) is 12.1. The molecule has 27 heavy (non-hydrogen) atoms. The number of carboxylic acids is 1. The van der Waals surface area contributed by atoms with Gasteiger partial charge >= 0.3 is 5.97 Å². The molecule has 0 bridgehead atoms. The maximum Gasteiger partial charge on any atom is 0.330 e. The Morgan fingerprint density at radius 1 is 1.00 bits per heavy atom. The maximum absolute atomic E-state index is 10.5. The first-order valence-electron chi connectivity index (χ1n) is 8.32. The van der Waals surface area contributed by atoms with E-state index < -0.39 is 16.1 Å². The summed E-state index contributed by atoms with van der Waals surface area (Å²) in [5.41, 5.74) is 1.25. The summed E-state index contributed by atoms with van der Waals surface area (Å²) in [6.07, 6.45) is 1.44. The second kappa shape index (κ2) is 16.4. The van der Waals surface area contributed by atoms with Gasteiger partial charge in [0.15, 0.2) is 0 Å². The zero-order chi connectivity index (χ0) is 22.2. The molecule has 0 spiro atoms. The molecule has 0 aromatic heterocycles. The van der Waals surface area contributed by atoms with Crippen LogP contribution in [0.25, 0.3) is 0 Å². The summed E-state index contributed by atoms with van der Waals surface area (Å²) >= 11 is 0. The van der Waals surface area contributed by atoms with Gasteiger partial charge in [0.25, 0.3) is 10.1 Å². The first kappa shape index (κ1) is 30.0. The van der Waals surface area contributed by atoms with Gasteiger partial charge in [-0.05, 0) is 67.8 Å². The van der Waals surface area contributed by atoms with Crippen molar-refractivity contribution >= 4 is 16.1 Å². The molecule has 0 radical (unpaired) electrons. The average molecular weight is 405 g/mol. The second-order valence-corrected chi connectivity index (χ2v) is 8.05. The number of rotatable bonds is 4. The summed E-state index contributed by atoms with van der Waals surface area (Å²) in [6, 6.07) is 5.99.